The van der Waals surface area contributed by atoms with E-state index in [0.29, 0.717) is 13.1 Å². The van der Waals surface area contributed by atoms with Crippen LogP contribution in [0.5, 0.6) is 0 Å². The van der Waals surface area contributed by atoms with Crippen LogP contribution in [0.3, 0.4) is 0 Å². The number of nitrogens with zero attached hydrogens (tertiary/aromatic N) is 1. The molecule has 1 atom stereocenters. The molecule has 96 valence electrons. The maximum atomic E-state index is 11.7. The second-order valence-electron chi connectivity index (χ2n) is 5.85. The van der Waals surface area contributed by atoms with Crippen molar-refractivity contribution in [3.8, 4) is 0 Å². The molecule has 0 N–H and O–H groups in total. The number of aldehydes is 1. The van der Waals surface area contributed by atoms with Crippen LogP contribution in [0.1, 0.15) is 33.6 Å². The second-order valence-corrected chi connectivity index (χ2v) is 5.85. The van der Waals surface area contributed by atoms with Crippen molar-refractivity contribution in [1.29, 1.82) is 0 Å². The van der Waals surface area contributed by atoms with E-state index in [1.165, 1.54) is 0 Å². The molecule has 2 heterocycles. The van der Waals surface area contributed by atoms with E-state index in [1.807, 2.05) is 20.8 Å². The first-order valence-corrected chi connectivity index (χ1v) is 5.95. The third-order valence-electron chi connectivity index (χ3n) is 3.05. The van der Waals surface area contributed by atoms with Gasteiger partial charge in [-0.25, -0.2) is 4.79 Å². The SMILES string of the molecule is CC(C)(C)OC(=O)N1CC2(CC[C@H](C=O)O2)C1. The molecule has 1 amide bonds. The van der Waals surface area contributed by atoms with Crippen molar-refractivity contribution >= 4 is 12.4 Å². The van der Waals surface area contributed by atoms with Gasteiger partial charge in [-0.1, -0.05) is 0 Å². The van der Waals surface area contributed by atoms with Crippen LogP contribution in [0.2, 0.25) is 0 Å². The van der Waals surface area contributed by atoms with E-state index < -0.39 is 5.60 Å². The smallest absolute Gasteiger partial charge is 0.410 e. The molecular weight excluding hydrogens is 222 g/mol. The quantitative estimate of drug-likeness (QED) is 0.650. The van der Waals surface area contributed by atoms with E-state index in [-0.39, 0.29) is 17.8 Å². The summed E-state index contributed by atoms with van der Waals surface area (Å²) in [6, 6.07) is 0. The van der Waals surface area contributed by atoms with Crippen LogP contribution in [0.15, 0.2) is 0 Å². The molecule has 0 aromatic carbocycles. The molecule has 0 aliphatic carbocycles. The average molecular weight is 241 g/mol. The molecule has 2 fully saturated rings. The lowest BCUT2D eigenvalue weighted by atomic mass is 9.91. The molecule has 0 bridgehead atoms. The van der Waals surface area contributed by atoms with Crippen molar-refractivity contribution < 1.29 is 19.1 Å². The van der Waals surface area contributed by atoms with Gasteiger partial charge in [0.1, 0.15) is 23.6 Å². The monoisotopic (exact) mass is 241 g/mol. The molecule has 0 radical (unpaired) electrons. The van der Waals surface area contributed by atoms with Crippen molar-refractivity contribution in [2.24, 2.45) is 0 Å². The topological polar surface area (TPSA) is 55.8 Å². The molecule has 0 saturated carbocycles. The molecule has 5 nitrogen and oxygen atoms in total. The van der Waals surface area contributed by atoms with E-state index in [0.717, 1.165) is 19.1 Å². The second kappa shape index (κ2) is 3.98. The van der Waals surface area contributed by atoms with Gasteiger partial charge in [0, 0.05) is 0 Å². The Kier molecular flexibility index (Phi) is 2.89. The van der Waals surface area contributed by atoms with E-state index in [4.69, 9.17) is 9.47 Å². The number of hydrogen-bond acceptors (Lipinski definition) is 4. The van der Waals surface area contributed by atoms with Gasteiger partial charge >= 0.3 is 6.09 Å². The zero-order valence-corrected chi connectivity index (χ0v) is 10.6. The third kappa shape index (κ3) is 2.60. The van der Waals surface area contributed by atoms with Gasteiger partial charge in [0.2, 0.25) is 0 Å². The zero-order valence-electron chi connectivity index (χ0n) is 10.6. The summed E-state index contributed by atoms with van der Waals surface area (Å²) < 4.78 is 10.9. The Bertz CT molecular complexity index is 328. The fourth-order valence-corrected chi connectivity index (χ4v) is 2.28. The Hall–Kier alpha value is -1.10. The van der Waals surface area contributed by atoms with Crippen LogP contribution in [0, 0.1) is 0 Å². The molecule has 0 aromatic rings. The van der Waals surface area contributed by atoms with Gasteiger partial charge in [-0.3, -0.25) is 0 Å². The number of rotatable bonds is 1. The highest BCUT2D eigenvalue weighted by Gasteiger charge is 2.51. The Morgan fingerprint density at radius 2 is 2.12 bits per heavy atom. The maximum absolute atomic E-state index is 11.7. The Morgan fingerprint density at radius 3 is 2.59 bits per heavy atom. The van der Waals surface area contributed by atoms with Gasteiger partial charge in [-0.05, 0) is 33.6 Å². The molecule has 2 aliphatic heterocycles. The lowest BCUT2D eigenvalue weighted by Gasteiger charge is -2.47. The number of hydrogen-bond donors (Lipinski definition) is 0. The maximum Gasteiger partial charge on any atom is 0.410 e. The van der Waals surface area contributed by atoms with Crippen LogP contribution < -0.4 is 0 Å². The first-order chi connectivity index (χ1) is 7.84. The van der Waals surface area contributed by atoms with Crippen molar-refractivity contribution in [2.45, 2.75) is 50.9 Å². The summed E-state index contributed by atoms with van der Waals surface area (Å²) in [5.41, 5.74) is -0.760. The number of carbonyl (C=O) groups is 2. The van der Waals surface area contributed by atoms with Crippen LogP contribution in [-0.4, -0.2) is 47.7 Å². The summed E-state index contributed by atoms with van der Waals surface area (Å²) in [5, 5.41) is 0. The van der Waals surface area contributed by atoms with Gasteiger partial charge in [0.15, 0.2) is 0 Å². The summed E-state index contributed by atoms with van der Waals surface area (Å²) in [6.07, 6.45) is 1.84. The minimum atomic E-state index is -0.471. The first kappa shape index (κ1) is 12.4. The lowest BCUT2D eigenvalue weighted by molar-refractivity contribution is -0.143. The first-order valence-electron chi connectivity index (χ1n) is 5.95. The molecular formula is C12H19NO4. The molecule has 0 unspecified atom stereocenters. The van der Waals surface area contributed by atoms with Crippen molar-refractivity contribution in [1.82, 2.24) is 4.90 Å². The van der Waals surface area contributed by atoms with E-state index in [9.17, 15) is 9.59 Å². The van der Waals surface area contributed by atoms with Crippen LogP contribution in [0.4, 0.5) is 4.79 Å². The Morgan fingerprint density at radius 1 is 1.47 bits per heavy atom. The molecule has 2 saturated heterocycles. The molecule has 1 spiro atoms. The third-order valence-corrected chi connectivity index (χ3v) is 3.05. The minimum Gasteiger partial charge on any atom is -0.444 e. The number of likely N-dealkylation sites (tertiary alicyclic amines) is 1. The van der Waals surface area contributed by atoms with Crippen LogP contribution in [-0.2, 0) is 14.3 Å². The van der Waals surface area contributed by atoms with Gasteiger partial charge in [-0.2, -0.15) is 0 Å². The van der Waals surface area contributed by atoms with Gasteiger partial charge in [0.05, 0.1) is 13.1 Å². The average Bonchev–Trinajstić information content (AvgIpc) is 2.56. The summed E-state index contributed by atoms with van der Waals surface area (Å²) in [6.45, 7) is 6.59. The Labute approximate surface area is 101 Å². The molecule has 17 heavy (non-hydrogen) atoms. The van der Waals surface area contributed by atoms with Crippen molar-refractivity contribution in [3.05, 3.63) is 0 Å². The molecule has 0 aromatic heterocycles. The fourth-order valence-electron chi connectivity index (χ4n) is 2.28. The van der Waals surface area contributed by atoms with Gasteiger partial charge in [-0.15, -0.1) is 0 Å². The van der Waals surface area contributed by atoms with E-state index in [2.05, 4.69) is 0 Å². The fraction of sp³-hybridized carbons (Fsp3) is 0.833. The standard InChI is InChI=1S/C12H19NO4/c1-11(2,3)17-10(15)13-7-12(8-13)5-4-9(6-14)16-12/h6,9H,4-5,7-8H2,1-3H3/t9-/m1/s1. The van der Waals surface area contributed by atoms with Crippen LogP contribution >= 0.6 is 0 Å². The molecule has 5 heteroatoms. The van der Waals surface area contributed by atoms with Gasteiger partial charge in [0.25, 0.3) is 0 Å². The minimum absolute atomic E-state index is 0.289. The number of carbonyl (C=O) groups excluding carboxylic acids is 2. The summed E-state index contributed by atoms with van der Waals surface area (Å²) in [4.78, 5) is 23.9. The highest BCUT2D eigenvalue weighted by Crippen LogP contribution is 2.38. The predicted molar refractivity (Wildman–Crippen MR) is 60.7 cm³/mol. The Balaban J connectivity index is 1.83. The van der Waals surface area contributed by atoms with Crippen molar-refractivity contribution in [3.63, 3.8) is 0 Å². The highest BCUT2D eigenvalue weighted by atomic mass is 16.6. The number of amides is 1. The van der Waals surface area contributed by atoms with Crippen LogP contribution in [0.25, 0.3) is 0 Å². The normalized spacial score (nSPS) is 26.8. The highest BCUT2D eigenvalue weighted by molar-refractivity contribution is 5.70. The van der Waals surface area contributed by atoms with Gasteiger partial charge < -0.3 is 19.2 Å². The number of ether oxygens (including phenoxy) is 2. The van der Waals surface area contributed by atoms with Crippen molar-refractivity contribution in [2.75, 3.05) is 13.1 Å². The lowest BCUT2D eigenvalue weighted by Crippen LogP contribution is -2.64. The zero-order chi connectivity index (χ0) is 12.7. The summed E-state index contributed by atoms with van der Waals surface area (Å²) >= 11 is 0. The predicted octanol–water partition coefficient (Wildman–Crippen LogP) is 1.35. The molecule has 2 rings (SSSR count). The summed E-state index contributed by atoms with van der Waals surface area (Å²) in [5.74, 6) is 0. The van der Waals surface area contributed by atoms with E-state index >= 15 is 0 Å². The summed E-state index contributed by atoms with van der Waals surface area (Å²) in [7, 11) is 0. The van der Waals surface area contributed by atoms with E-state index in [1.54, 1.807) is 4.90 Å². The molecule has 2 aliphatic rings. The largest absolute Gasteiger partial charge is 0.444 e.